The first-order valence-electron chi connectivity index (χ1n) is 10.3. The third kappa shape index (κ3) is 5.69. The van der Waals surface area contributed by atoms with Gasteiger partial charge in [-0.05, 0) is 57.9 Å². The van der Waals surface area contributed by atoms with Crippen molar-refractivity contribution in [1.29, 1.82) is 0 Å². The predicted molar refractivity (Wildman–Crippen MR) is 111 cm³/mol. The van der Waals surface area contributed by atoms with Crippen molar-refractivity contribution in [3.05, 3.63) is 24.3 Å². The van der Waals surface area contributed by atoms with Crippen LogP contribution in [0.2, 0.25) is 0 Å². The number of hydrogen-bond donors (Lipinski definition) is 2. The first-order valence-corrected chi connectivity index (χ1v) is 10.3. The van der Waals surface area contributed by atoms with Gasteiger partial charge in [0.15, 0.2) is 0 Å². The maximum atomic E-state index is 12.1. The molecule has 154 valence electrons. The minimum atomic E-state index is -0.239. The Morgan fingerprint density at radius 3 is 2.75 bits per heavy atom. The molecular weight excluding hydrogens is 356 g/mol. The van der Waals surface area contributed by atoms with Crippen LogP contribution in [0.15, 0.2) is 24.3 Å². The molecule has 1 aromatic carbocycles. The standard InChI is InChI=1S/C21H32N4O3/c1-16-7-8-20(26)25(16)18-6-3-5-17(15-18)23-21(27)22-11-4-14-28-19-9-12-24(2)13-10-19/h3,5-6,15-16,19H,4,7-14H2,1-2H3,(H2,22,23,27)/t16-/m0/s1. The zero-order valence-corrected chi connectivity index (χ0v) is 16.9. The number of hydrogen-bond acceptors (Lipinski definition) is 4. The molecule has 2 N–H and O–H groups in total. The molecule has 2 aliphatic rings. The zero-order chi connectivity index (χ0) is 19.9. The summed E-state index contributed by atoms with van der Waals surface area (Å²) in [5.41, 5.74) is 1.52. The Kier molecular flexibility index (Phi) is 7.28. The van der Waals surface area contributed by atoms with Crippen molar-refractivity contribution in [2.45, 2.75) is 51.2 Å². The van der Waals surface area contributed by atoms with Gasteiger partial charge in [0.1, 0.15) is 0 Å². The van der Waals surface area contributed by atoms with Gasteiger partial charge < -0.3 is 25.2 Å². The fraction of sp³-hybridized carbons (Fsp3) is 0.619. The van der Waals surface area contributed by atoms with Gasteiger partial charge >= 0.3 is 6.03 Å². The summed E-state index contributed by atoms with van der Waals surface area (Å²) in [5, 5.41) is 5.71. The molecule has 0 radical (unpaired) electrons. The van der Waals surface area contributed by atoms with Crippen LogP contribution in [0.25, 0.3) is 0 Å². The van der Waals surface area contributed by atoms with E-state index < -0.39 is 0 Å². The number of carbonyl (C=O) groups is 2. The summed E-state index contributed by atoms with van der Waals surface area (Å²) < 4.78 is 5.89. The summed E-state index contributed by atoms with van der Waals surface area (Å²) in [4.78, 5) is 28.3. The van der Waals surface area contributed by atoms with Crippen LogP contribution < -0.4 is 15.5 Å². The van der Waals surface area contributed by atoms with Crippen LogP contribution in [0.1, 0.15) is 39.0 Å². The lowest BCUT2D eigenvalue weighted by Gasteiger charge is -2.28. The van der Waals surface area contributed by atoms with Gasteiger partial charge in [-0.2, -0.15) is 0 Å². The number of amides is 3. The van der Waals surface area contributed by atoms with E-state index in [1.807, 2.05) is 36.1 Å². The Labute approximate surface area is 167 Å². The molecule has 0 bridgehead atoms. The summed E-state index contributed by atoms with van der Waals surface area (Å²) >= 11 is 0. The number of nitrogens with one attached hydrogen (secondary N) is 2. The maximum absolute atomic E-state index is 12.1. The van der Waals surface area contributed by atoms with Crippen molar-refractivity contribution < 1.29 is 14.3 Å². The van der Waals surface area contributed by atoms with Crippen LogP contribution in [0, 0.1) is 0 Å². The molecule has 2 fully saturated rings. The highest BCUT2D eigenvalue weighted by atomic mass is 16.5. The van der Waals surface area contributed by atoms with Crippen LogP contribution in [0.4, 0.5) is 16.2 Å². The van der Waals surface area contributed by atoms with Gasteiger partial charge in [-0.1, -0.05) is 6.07 Å². The number of rotatable bonds is 7. The van der Waals surface area contributed by atoms with Crippen LogP contribution in [-0.4, -0.2) is 62.3 Å². The van der Waals surface area contributed by atoms with Crippen molar-refractivity contribution in [3.63, 3.8) is 0 Å². The number of piperidine rings is 1. The molecule has 1 aromatic rings. The van der Waals surface area contributed by atoms with E-state index in [1.165, 1.54) is 0 Å². The second-order valence-electron chi connectivity index (χ2n) is 7.81. The van der Waals surface area contributed by atoms with Crippen LogP contribution in [0.5, 0.6) is 0 Å². The molecule has 0 aromatic heterocycles. The highest BCUT2D eigenvalue weighted by molar-refractivity contribution is 5.97. The van der Waals surface area contributed by atoms with E-state index in [2.05, 4.69) is 22.6 Å². The summed E-state index contributed by atoms with van der Waals surface area (Å²) in [7, 11) is 2.14. The molecule has 3 amide bonds. The van der Waals surface area contributed by atoms with Crippen molar-refractivity contribution in [3.8, 4) is 0 Å². The van der Waals surface area contributed by atoms with Gasteiger partial charge in [0, 0.05) is 50.1 Å². The summed E-state index contributed by atoms with van der Waals surface area (Å²) in [5.74, 6) is 0.138. The SMILES string of the molecule is C[C@H]1CCC(=O)N1c1cccc(NC(=O)NCCCOC2CCN(C)CC2)c1. The minimum absolute atomic E-state index is 0.138. The van der Waals surface area contributed by atoms with Crippen molar-refractivity contribution in [2.75, 3.05) is 43.5 Å². The second kappa shape index (κ2) is 9.89. The largest absolute Gasteiger partial charge is 0.378 e. The summed E-state index contributed by atoms with van der Waals surface area (Å²) in [6, 6.07) is 7.40. The second-order valence-corrected chi connectivity index (χ2v) is 7.81. The molecule has 3 rings (SSSR count). The van der Waals surface area contributed by atoms with Gasteiger partial charge in [-0.3, -0.25) is 4.79 Å². The van der Waals surface area contributed by atoms with E-state index in [1.54, 1.807) is 0 Å². The molecule has 1 atom stereocenters. The monoisotopic (exact) mass is 388 g/mol. The number of urea groups is 1. The van der Waals surface area contributed by atoms with E-state index in [0.29, 0.717) is 31.4 Å². The maximum Gasteiger partial charge on any atom is 0.319 e. The number of likely N-dealkylation sites (tertiary alicyclic amines) is 1. The Hall–Kier alpha value is -2.12. The smallest absolute Gasteiger partial charge is 0.319 e. The number of carbonyl (C=O) groups excluding carboxylic acids is 2. The lowest BCUT2D eigenvalue weighted by atomic mass is 10.1. The van der Waals surface area contributed by atoms with E-state index in [0.717, 1.165) is 44.5 Å². The third-order valence-corrected chi connectivity index (χ3v) is 5.49. The molecule has 0 unspecified atom stereocenters. The third-order valence-electron chi connectivity index (χ3n) is 5.49. The van der Waals surface area contributed by atoms with Gasteiger partial charge in [0.2, 0.25) is 5.91 Å². The molecule has 7 heteroatoms. The van der Waals surface area contributed by atoms with Crippen molar-refractivity contribution in [1.82, 2.24) is 10.2 Å². The highest BCUT2D eigenvalue weighted by Gasteiger charge is 2.28. The van der Waals surface area contributed by atoms with Crippen molar-refractivity contribution >= 4 is 23.3 Å². The Morgan fingerprint density at radius 2 is 2.04 bits per heavy atom. The normalized spacial score (nSPS) is 21.1. The first kappa shape index (κ1) is 20.6. The Morgan fingerprint density at radius 1 is 1.25 bits per heavy atom. The molecule has 2 heterocycles. The molecule has 2 saturated heterocycles. The van der Waals surface area contributed by atoms with Crippen molar-refractivity contribution in [2.24, 2.45) is 0 Å². The topological polar surface area (TPSA) is 73.9 Å². The molecule has 0 spiro atoms. The molecule has 28 heavy (non-hydrogen) atoms. The Balaban J connectivity index is 1.37. The molecular formula is C21H32N4O3. The van der Waals surface area contributed by atoms with E-state index >= 15 is 0 Å². The first-order chi connectivity index (χ1) is 13.5. The average molecular weight is 389 g/mol. The summed E-state index contributed by atoms with van der Waals surface area (Å²) in [6.07, 6.45) is 4.76. The lowest BCUT2D eigenvalue weighted by molar-refractivity contribution is -0.117. The number of anilines is 2. The fourth-order valence-corrected chi connectivity index (χ4v) is 3.81. The molecule has 2 aliphatic heterocycles. The molecule has 0 aliphatic carbocycles. The van der Waals surface area contributed by atoms with Gasteiger partial charge in [0.25, 0.3) is 0 Å². The number of nitrogens with zero attached hydrogens (tertiary/aromatic N) is 2. The number of ether oxygens (including phenoxy) is 1. The van der Waals surface area contributed by atoms with Crippen LogP contribution in [0.3, 0.4) is 0 Å². The molecule has 0 saturated carbocycles. The van der Waals surface area contributed by atoms with E-state index in [9.17, 15) is 9.59 Å². The van der Waals surface area contributed by atoms with Gasteiger partial charge in [-0.15, -0.1) is 0 Å². The van der Waals surface area contributed by atoms with Gasteiger partial charge in [-0.25, -0.2) is 4.79 Å². The quantitative estimate of drug-likeness (QED) is 0.705. The van der Waals surface area contributed by atoms with E-state index in [4.69, 9.17) is 4.74 Å². The fourth-order valence-electron chi connectivity index (χ4n) is 3.81. The predicted octanol–water partition coefficient (Wildman–Crippen LogP) is 2.82. The molecule has 7 nitrogen and oxygen atoms in total. The van der Waals surface area contributed by atoms with Crippen LogP contribution >= 0.6 is 0 Å². The number of benzene rings is 1. The van der Waals surface area contributed by atoms with Gasteiger partial charge in [0.05, 0.1) is 6.10 Å². The summed E-state index contributed by atoms with van der Waals surface area (Å²) in [6.45, 7) is 5.46. The zero-order valence-electron chi connectivity index (χ0n) is 16.9. The minimum Gasteiger partial charge on any atom is -0.378 e. The average Bonchev–Trinajstić information content (AvgIpc) is 3.01. The Bertz CT molecular complexity index is 673. The van der Waals surface area contributed by atoms with Crippen LogP contribution in [-0.2, 0) is 9.53 Å². The highest BCUT2D eigenvalue weighted by Crippen LogP contribution is 2.28. The lowest BCUT2D eigenvalue weighted by Crippen LogP contribution is -2.35. The van der Waals surface area contributed by atoms with E-state index in [-0.39, 0.29) is 18.0 Å².